The summed E-state index contributed by atoms with van der Waals surface area (Å²) in [7, 11) is 3.12. The first kappa shape index (κ1) is 18.1. The van der Waals surface area contributed by atoms with Crippen LogP contribution in [0.2, 0.25) is 0 Å². The number of benzene rings is 2. The third-order valence-corrected chi connectivity index (χ3v) is 4.01. The molecule has 1 heterocycles. The Kier molecular flexibility index (Phi) is 6.06. The standard InChI is InChI=1S/C18H20N2O3.ClH/c1-22-15-5-6-17(23-2)16(8-15)18(21)20-9-12-3-4-13-10-19-11-14(13)7-12;/h3-8,19H,9-11H2,1-2H3,(H,20,21);1H. The van der Waals surface area contributed by atoms with Crippen LogP contribution in [0.4, 0.5) is 0 Å². The number of rotatable bonds is 5. The zero-order valence-electron chi connectivity index (χ0n) is 13.7. The highest BCUT2D eigenvalue weighted by Crippen LogP contribution is 2.24. The van der Waals surface area contributed by atoms with E-state index in [-0.39, 0.29) is 18.3 Å². The Bertz CT molecular complexity index is 734. The van der Waals surface area contributed by atoms with Gasteiger partial charge in [0.2, 0.25) is 0 Å². The SMILES string of the molecule is COc1ccc(OC)c(C(=O)NCc2ccc3c(c2)CNC3)c1.Cl. The van der Waals surface area contributed by atoms with Crippen molar-refractivity contribution in [3.05, 3.63) is 58.7 Å². The molecule has 1 amide bonds. The molecule has 0 fully saturated rings. The largest absolute Gasteiger partial charge is 0.497 e. The Hall–Kier alpha value is -2.24. The molecule has 0 saturated carbocycles. The topological polar surface area (TPSA) is 59.6 Å². The van der Waals surface area contributed by atoms with E-state index in [1.165, 1.54) is 11.1 Å². The van der Waals surface area contributed by atoms with Crippen LogP contribution in [0, 0.1) is 0 Å². The van der Waals surface area contributed by atoms with E-state index in [1.807, 2.05) is 0 Å². The summed E-state index contributed by atoms with van der Waals surface area (Å²) in [6, 6.07) is 11.5. The van der Waals surface area contributed by atoms with Crippen molar-refractivity contribution in [1.82, 2.24) is 10.6 Å². The summed E-state index contributed by atoms with van der Waals surface area (Å²) in [6.07, 6.45) is 0. The molecular formula is C18H21ClN2O3. The summed E-state index contributed by atoms with van der Waals surface area (Å²) in [5.74, 6) is 0.973. The number of nitrogens with one attached hydrogen (secondary N) is 2. The van der Waals surface area contributed by atoms with E-state index in [0.717, 1.165) is 18.7 Å². The molecule has 2 aromatic carbocycles. The number of hydrogen-bond donors (Lipinski definition) is 2. The molecule has 1 aliphatic heterocycles. The van der Waals surface area contributed by atoms with E-state index in [9.17, 15) is 4.79 Å². The van der Waals surface area contributed by atoms with Gasteiger partial charge in [-0.2, -0.15) is 0 Å². The highest BCUT2D eigenvalue weighted by molar-refractivity contribution is 5.97. The second-order valence-corrected chi connectivity index (χ2v) is 5.46. The Balaban J connectivity index is 0.00000208. The van der Waals surface area contributed by atoms with Crippen molar-refractivity contribution in [2.45, 2.75) is 19.6 Å². The lowest BCUT2D eigenvalue weighted by Gasteiger charge is -2.11. The average molecular weight is 349 g/mol. The van der Waals surface area contributed by atoms with Crippen LogP contribution in [0.3, 0.4) is 0 Å². The van der Waals surface area contributed by atoms with Crippen molar-refractivity contribution in [1.29, 1.82) is 0 Å². The molecular weight excluding hydrogens is 328 g/mol. The molecule has 3 rings (SSSR count). The Labute approximate surface area is 147 Å². The number of amides is 1. The van der Waals surface area contributed by atoms with Crippen LogP contribution in [0.5, 0.6) is 11.5 Å². The monoisotopic (exact) mass is 348 g/mol. The molecule has 2 aromatic rings. The third-order valence-electron chi connectivity index (χ3n) is 4.01. The van der Waals surface area contributed by atoms with Crippen molar-refractivity contribution < 1.29 is 14.3 Å². The van der Waals surface area contributed by atoms with Crippen LogP contribution in [0.1, 0.15) is 27.0 Å². The van der Waals surface area contributed by atoms with Gasteiger partial charge in [0.25, 0.3) is 5.91 Å². The van der Waals surface area contributed by atoms with Crippen molar-refractivity contribution in [3.63, 3.8) is 0 Å². The van der Waals surface area contributed by atoms with Gasteiger partial charge in [-0.15, -0.1) is 12.4 Å². The maximum atomic E-state index is 12.4. The second kappa shape index (κ2) is 8.04. The van der Waals surface area contributed by atoms with Gasteiger partial charge in [0.1, 0.15) is 11.5 Å². The first-order valence-corrected chi connectivity index (χ1v) is 7.53. The highest BCUT2D eigenvalue weighted by atomic mass is 35.5. The number of carbonyl (C=O) groups is 1. The maximum absolute atomic E-state index is 12.4. The molecule has 5 nitrogen and oxygen atoms in total. The summed E-state index contributed by atoms with van der Waals surface area (Å²) in [5, 5.41) is 6.25. The van der Waals surface area contributed by atoms with Crippen LogP contribution < -0.4 is 20.1 Å². The maximum Gasteiger partial charge on any atom is 0.255 e. The number of halogens is 1. The fourth-order valence-corrected chi connectivity index (χ4v) is 2.73. The fraction of sp³-hybridized carbons (Fsp3) is 0.278. The zero-order chi connectivity index (χ0) is 16.2. The first-order chi connectivity index (χ1) is 11.2. The van der Waals surface area contributed by atoms with Crippen molar-refractivity contribution in [3.8, 4) is 11.5 Å². The Morgan fingerprint density at radius 2 is 1.88 bits per heavy atom. The van der Waals surface area contributed by atoms with Crippen LogP contribution >= 0.6 is 12.4 Å². The van der Waals surface area contributed by atoms with Gasteiger partial charge in [-0.25, -0.2) is 0 Å². The molecule has 0 spiro atoms. The third kappa shape index (κ3) is 3.80. The minimum atomic E-state index is -0.181. The molecule has 0 saturated heterocycles. The van der Waals surface area contributed by atoms with Gasteiger partial charge in [0.05, 0.1) is 19.8 Å². The molecule has 1 aliphatic rings. The predicted octanol–water partition coefficient (Wildman–Crippen LogP) is 2.66. The quantitative estimate of drug-likeness (QED) is 0.872. The van der Waals surface area contributed by atoms with E-state index in [1.54, 1.807) is 32.4 Å². The molecule has 0 aromatic heterocycles. The average Bonchev–Trinajstić information content (AvgIpc) is 3.06. The molecule has 0 unspecified atom stereocenters. The number of ether oxygens (including phenoxy) is 2. The highest BCUT2D eigenvalue weighted by Gasteiger charge is 2.14. The van der Waals surface area contributed by atoms with E-state index >= 15 is 0 Å². The molecule has 0 aliphatic carbocycles. The first-order valence-electron chi connectivity index (χ1n) is 7.53. The van der Waals surface area contributed by atoms with Crippen LogP contribution in [-0.4, -0.2) is 20.1 Å². The minimum Gasteiger partial charge on any atom is -0.497 e. The number of carbonyl (C=O) groups excluding carboxylic acids is 1. The molecule has 2 N–H and O–H groups in total. The molecule has 0 atom stereocenters. The van der Waals surface area contributed by atoms with Gasteiger partial charge in [0.15, 0.2) is 0 Å². The van der Waals surface area contributed by atoms with E-state index in [2.05, 4.69) is 28.8 Å². The molecule has 6 heteroatoms. The molecule has 128 valence electrons. The van der Waals surface area contributed by atoms with Crippen molar-refractivity contribution in [2.75, 3.05) is 14.2 Å². The van der Waals surface area contributed by atoms with Crippen molar-refractivity contribution >= 4 is 18.3 Å². The molecule has 0 radical (unpaired) electrons. The summed E-state index contributed by atoms with van der Waals surface area (Å²) >= 11 is 0. The van der Waals surface area contributed by atoms with Gasteiger partial charge in [0, 0.05) is 19.6 Å². The van der Waals surface area contributed by atoms with Crippen molar-refractivity contribution in [2.24, 2.45) is 0 Å². The van der Waals surface area contributed by atoms with Gasteiger partial charge in [-0.3, -0.25) is 4.79 Å². The Morgan fingerprint density at radius 3 is 2.62 bits per heavy atom. The van der Waals surface area contributed by atoms with Crippen LogP contribution in [0.15, 0.2) is 36.4 Å². The smallest absolute Gasteiger partial charge is 0.255 e. The summed E-state index contributed by atoms with van der Waals surface area (Å²) in [5.41, 5.74) is 4.18. The van der Waals surface area contributed by atoms with Gasteiger partial charge < -0.3 is 20.1 Å². The van der Waals surface area contributed by atoms with E-state index in [0.29, 0.717) is 23.6 Å². The number of fused-ring (bicyclic) bond motifs is 1. The number of hydrogen-bond acceptors (Lipinski definition) is 4. The zero-order valence-corrected chi connectivity index (χ0v) is 14.5. The van der Waals surface area contributed by atoms with E-state index in [4.69, 9.17) is 9.47 Å². The van der Waals surface area contributed by atoms with Crippen LogP contribution in [-0.2, 0) is 19.6 Å². The normalized spacial score (nSPS) is 12.1. The molecule has 0 bridgehead atoms. The summed E-state index contributed by atoms with van der Waals surface area (Å²) in [4.78, 5) is 12.4. The lowest BCUT2D eigenvalue weighted by molar-refractivity contribution is 0.0947. The predicted molar refractivity (Wildman–Crippen MR) is 94.9 cm³/mol. The van der Waals surface area contributed by atoms with Gasteiger partial charge in [-0.1, -0.05) is 18.2 Å². The number of methoxy groups -OCH3 is 2. The Morgan fingerprint density at radius 1 is 1.08 bits per heavy atom. The summed E-state index contributed by atoms with van der Waals surface area (Å²) in [6.45, 7) is 2.29. The lowest BCUT2D eigenvalue weighted by atomic mass is 10.1. The van der Waals surface area contributed by atoms with Crippen LogP contribution in [0.25, 0.3) is 0 Å². The second-order valence-electron chi connectivity index (χ2n) is 5.46. The minimum absolute atomic E-state index is 0. The van der Waals surface area contributed by atoms with E-state index < -0.39 is 0 Å². The van der Waals surface area contributed by atoms with Gasteiger partial charge >= 0.3 is 0 Å². The lowest BCUT2D eigenvalue weighted by Crippen LogP contribution is -2.23. The fourth-order valence-electron chi connectivity index (χ4n) is 2.73. The molecule has 24 heavy (non-hydrogen) atoms. The van der Waals surface area contributed by atoms with Gasteiger partial charge in [-0.05, 0) is 34.9 Å². The summed E-state index contributed by atoms with van der Waals surface area (Å²) < 4.78 is 10.4.